The smallest absolute Gasteiger partial charge is 0.278 e. The zero-order valence-electron chi connectivity index (χ0n) is 20.2. The Morgan fingerprint density at radius 3 is 2.45 bits per heavy atom. The van der Waals surface area contributed by atoms with Crippen molar-refractivity contribution in [3.05, 3.63) is 93.3 Å². The lowest BCUT2D eigenvalue weighted by atomic mass is 9.92. The molecule has 11 heteroatoms. The van der Waals surface area contributed by atoms with E-state index in [0.29, 0.717) is 35.0 Å². The third-order valence-corrected chi connectivity index (χ3v) is 7.59. The first kappa shape index (κ1) is 27.1. The second-order valence-electron chi connectivity index (χ2n) is 8.87. The number of aliphatic hydroxyl groups is 1. The van der Waals surface area contributed by atoms with Gasteiger partial charge in [-0.2, -0.15) is 0 Å². The minimum atomic E-state index is -1.73. The average Bonchev–Trinajstić information content (AvgIpc) is 2.94. The van der Waals surface area contributed by atoms with Crippen LogP contribution < -0.4 is 0 Å². The molecular formula is C27H26FNO7S2. The van der Waals surface area contributed by atoms with Gasteiger partial charge in [0.15, 0.2) is 6.29 Å². The Balaban J connectivity index is 1.53. The largest absolute Gasteiger partial charge is 0.382 e. The molecule has 200 valence electrons. The number of rotatable bonds is 7. The summed E-state index contributed by atoms with van der Waals surface area (Å²) in [6, 6.07) is 16.2. The molecule has 2 heterocycles. The van der Waals surface area contributed by atoms with Crippen molar-refractivity contribution in [1.82, 2.24) is 0 Å². The van der Waals surface area contributed by atoms with E-state index in [-0.39, 0.29) is 23.7 Å². The lowest BCUT2D eigenvalue weighted by molar-refractivity contribution is -0.388. The standard InChI is InChI=1S/C27H26FNO7S2/c28-22-16-23(29(31)32)21(25(30)27(35-11-4-12-36-27)18-6-2-7-19(37)14-18)15-24(22)38-20-8-1-5-17(13-20)26-33-9-3-10-34-26/h1-2,5-8,13-16,25-26,30,37H,3-4,9-12H2. The van der Waals surface area contributed by atoms with E-state index in [1.54, 1.807) is 36.4 Å². The maximum Gasteiger partial charge on any atom is 0.278 e. The second kappa shape index (κ2) is 11.7. The zero-order chi connectivity index (χ0) is 26.7. The van der Waals surface area contributed by atoms with Crippen LogP contribution in [-0.2, 0) is 24.7 Å². The molecule has 0 radical (unpaired) electrons. The molecule has 38 heavy (non-hydrogen) atoms. The van der Waals surface area contributed by atoms with Gasteiger partial charge in [-0.25, -0.2) is 4.39 Å². The molecule has 2 aliphatic heterocycles. The third kappa shape index (κ3) is 5.59. The molecule has 8 nitrogen and oxygen atoms in total. The fourth-order valence-corrected chi connectivity index (χ4v) is 5.67. The SMILES string of the molecule is O=[N+]([O-])c1cc(F)c(Sc2cccc(C3OCCCO3)c2)cc1C(O)C1(c2cccc(S)c2)OCCCO1. The Bertz CT molecular complexity index is 1310. The Morgan fingerprint density at radius 1 is 1.03 bits per heavy atom. The molecule has 0 amide bonds. The van der Waals surface area contributed by atoms with Gasteiger partial charge in [-0.05, 0) is 43.2 Å². The zero-order valence-corrected chi connectivity index (χ0v) is 22.0. The number of aliphatic hydroxyl groups excluding tert-OH is 1. The van der Waals surface area contributed by atoms with E-state index in [1.807, 2.05) is 12.1 Å². The normalized spacial score (nSPS) is 18.7. The van der Waals surface area contributed by atoms with Gasteiger partial charge >= 0.3 is 0 Å². The minimum absolute atomic E-state index is 0.0983. The highest BCUT2D eigenvalue weighted by Gasteiger charge is 2.47. The number of ether oxygens (including phenoxy) is 4. The van der Waals surface area contributed by atoms with Gasteiger partial charge in [0.05, 0.1) is 43.0 Å². The predicted molar refractivity (Wildman–Crippen MR) is 140 cm³/mol. The van der Waals surface area contributed by atoms with Crippen molar-refractivity contribution in [3.8, 4) is 0 Å². The monoisotopic (exact) mass is 559 g/mol. The number of halogens is 1. The topological polar surface area (TPSA) is 100 Å². The molecule has 0 spiro atoms. The second-order valence-corrected chi connectivity index (χ2v) is 10.5. The van der Waals surface area contributed by atoms with Gasteiger partial charge in [0, 0.05) is 25.8 Å². The lowest BCUT2D eigenvalue weighted by Crippen LogP contribution is -2.43. The van der Waals surface area contributed by atoms with Crippen LogP contribution in [0.2, 0.25) is 0 Å². The number of nitrogens with zero attached hydrogens (tertiary/aromatic N) is 1. The number of thiol groups is 1. The number of nitro groups is 1. The van der Waals surface area contributed by atoms with E-state index in [1.165, 1.54) is 6.07 Å². The maximum atomic E-state index is 15.2. The van der Waals surface area contributed by atoms with Crippen molar-refractivity contribution in [2.75, 3.05) is 26.4 Å². The predicted octanol–water partition coefficient (Wildman–Crippen LogP) is 5.93. The van der Waals surface area contributed by atoms with Crippen LogP contribution in [0.5, 0.6) is 0 Å². The van der Waals surface area contributed by atoms with E-state index in [2.05, 4.69) is 12.6 Å². The number of benzene rings is 3. The van der Waals surface area contributed by atoms with Gasteiger partial charge in [-0.3, -0.25) is 10.1 Å². The van der Waals surface area contributed by atoms with E-state index in [0.717, 1.165) is 29.8 Å². The quantitative estimate of drug-likeness (QED) is 0.209. The summed E-state index contributed by atoms with van der Waals surface area (Å²) in [6.07, 6.45) is -0.732. The fourth-order valence-electron chi connectivity index (χ4n) is 4.50. The molecule has 0 saturated carbocycles. The van der Waals surface area contributed by atoms with E-state index in [9.17, 15) is 15.2 Å². The van der Waals surface area contributed by atoms with Crippen LogP contribution in [0, 0.1) is 15.9 Å². The summed E-state index contributed by atoms with van der Waals surface area (Å²) in [5, 5.41) is 23.6. The Hall–Kier alpha value is -2.51. The number of nitro benzene ring substituents is 1. The Labute approximate surface area is 228 Å². The lowest BCUT2D eigenvalue weighted by Gasteiger charge is -2.41. The molecule has 2 fully saturated rings. The molecule has 1 unspecified atom stereocenters. The van der Waals surface area contributed by atoms with Gasteiger partial charge < -0.3 is 24.1 Å². The van der Waals surface area contributed by atoms with Crippen molar-refractivity contribution in [3.63, 3.8) is 0 Å². The van der Waals surface area contributed by atoms with Crippen LogP contribution in [0.1, 0.15) is 41.9 Å². The molecule has 0 bridgehead atoms. The molecule has 0 aromatic heterocycles. The molecule has 3 aromatic carbocycles. The van der Waals surface area contributed by atoms with Crippen LogP contribution in [0.4, 0.5) is 10.1 Å². The summed E-state index contributed by atoms with van der Waals surface area (Å²) in [7, 11) is 0. The molecule has 3 aromatic rings. The molecular weight excluding hydrogens is 533 g/mol. The third-order valence-electron chi connectivity index (χ3n) is 6.29. The molecule has 5 rings (SSSR count). The summed E-state index contributed by atoms with van der Waals surface area (Å²) in [5.74, 6) is -2.51. The summed E-state index contributed by atoms with van der Waals surface area (Å²) in [5.41, 5.74) is 0.536. The first-order chi connectivity index (χ1) is 18.4. The molecule has 2 aliphatic rings. The average molecular weight is 560 g/mol. The molecule has 2 saturated heterocycles. The highest BCUT2D eigenvalue weighted by molar-refractivity contribution is 7.99. The van der Waals surface area contributed by atoms with E-state index < -0.39 is 34.6 Å². The van der Waals surface area contributed by atoms with Crippen molar-refractivity contribution < 1.29 is 33.4 Å². The van der Waals surface area contributed by atoms with Crippen molar-refractivity contribution in [2.24, 2.45) is 0 Å². The van der Waals surface area contributed by atoms with Gasteiger partial charge in [0.2, 0.25) is 5.79 Å². The number of hydrogen-bond acceptors (Lipinski definition) is 9. The molecule has 1 N–H and O–H groups in total. The maximum absolute atomic E-state index is 15.2. The summed E-state index contributed by atoms with van der Waals surface area (Å²) < 4.78 is 38.5. The van der Waals surface area contributed by atoms with Gasteiger partial charge in [0.25, 0.3) is 5.69 Å². The highest BCUT2D eigenvalue weighted by Crippen LogP contribution is 2.46. The minimum Gasteiger partial charge on any atom is -0.382 e. The van der Waals surface area contributed by atoms with E-state index in [4.69, 9.17) is 18.9 Å². The highest BCUT2D eigenvalue weighted by atomic mass is 32.2. The van der Waals surface area contributed by atoms with Gasteiger partial charge in [-0.1, -0.05) is 36.0 Å². The fraction of sp³-hybridized carbons (Fsp3) is 0.333. The van der Waals surface area contributed by atoms with E-state index >= 15 is 4.39 Å². The Morgan fingerprint density at radius 2 is 1.74 bits per heavy atom. The van der Waals surface area contributed by atoms with Crippen molar-refractivity contribution in [2.45, 2.75) is 45.7 Å². The summed E-state index contributed by atoms with van der Waals surface area (Å²) in [4.78, 5) is 12.6. The molecule has 1 atom stereocenters. The van der Waals surface area contributed by atoms with Crippen molar-refractivity contribution in [1.29, 1.82) is 0 Å². The van der Waals surface area contributed by atoms with Crippen LogP contribution in [-0.4, -0.2) is 36.5 Å². The Kier molecular flexibility index (Phi) is 8.34. The van der Waals surface area contributed by atoms with Crippen LogP contribution in [0.15, 0.2) is 75.4 Å². The van der Waals surface area contributed by atoms with Gasteiger partial charge in [0.1, 0.15) is 11.9 Å². The van der Waals surface area contributed by atoms with Crippen molar-refractivity contribution >= 4 is 30.1 Å². The first-order valence-electron chi connectivity index (χ1n) is 12.1. The van der Waals surface area contributed by atoms with Gasteiger partial charge in [-0.15, -0.1) is 12.6 Å². The summed E-state index contributed by atoms with van der Waals surface area (Å²) >= 11 is 5.45. The first-order valence-corrected chi connectivity index (χ1v) is 13.4. The van der Waals surface area contributed by atoms with Crippen LogP contribution in [0.25, 0.3) is 0 Å². The van der Waals surface area contributed by atoms with Crippen LogP contribution >= 0.6 is 24.4 Å². The molecule has 0 aliphatic carbocycles. The number of hydrogen-bond donors (Lipinski definition) is 2. The van der Waals surface area contributed by atoms with Crippen LogP contribution in [0.3, 0.4) is 0 Å². The summed E-state index contributed by atoms with van der Waals surface area (Å²) in [6.45, 7) is 1.70.